The van der Waals surface area contributed by atoms with Crippen LogP contribution in [0.2, 0.25) is 0 Å². The average molecular weight is 278 g/mol. The molecule has 0 saturated carbocycles. The van der Waals surface area contributed by atoms with E-state index in [-0.39, 0.29) is 17.7 Å². The van der Waals surface area contributed by atoms with Gasteiger partial charge in [-0.25, -0.2) is 0 Å². The van der Waals surface area contributed by atoms with Gasteiger partial charge >= 0.3 is 0 Å². The SMILES string of the molecule is COc1ccc(N(CCNC(=O)C(C)C)C(C)=O)cc1. The molecule has 1 aromatic carbocycles. The molecule has 0 aromatic heterocycles. The molecule has 0 aliphatic rings. The molecule has 1 rings (SSSR count). The van der Waals surface area contributed by atoms with Crippen LogP contribution in [0.25, 0.3) is 0 Å². The summed E-state index contributed by atoms with van der Waals surface area (Å²) in [5, 5.41) is 2.80. The highest BCUT2D eigenvalue weighted by Crippen LogP contribution is 2.19. The minimum Gasteiger partial charge on any atom is -0.497 e. The van der Waals surface area contributed by atoms with Gasteiger partial charge in [-0.1, -0.05) is 13.8 Å². The van der Waals surface area contributed by atoms with E-state index in [4.69, 9.17) is 4.74 Å². The number of methoxy groups -OCH3 is 1. The second-order valence-electron chi connectivity index (χ2n) is 4.81. The van der Waals surface area contributed by atoms with Gasteiger partial charge in [0.1, 0.15) is 5.75 Å². The lowest BCUT2D eigenvalue weighted by molar-refractivity contribution is -0.124. The fourth-order valence-electron chi connectivity index (χ4n) is 1.73. The van der Waals surface area contributed by atoms with Crippen molar-refractivity contribution in [1.82, 2.24) is 5.32 Å². The van der Waals surface area contributed by atoms with Crippen LogP contribution in [0, 0.1) is 5.92 Å². The first-order valence-electron chi connectivity index (χ1n) is 6.65. The Morgan fingerprint density at radius 3 is 2.30 bits per heavy atom. The highest BCUT2D eigenvalue weighted by atomic mass is 16.5. The Kier molecular flexibility index (Phi) is 6.03. The van der Waals surface area contributed by atoms with Crippen LogP contribution in [-0.4, -0.2) is 32.0 Å². The topological polar surface area (TPSA) is 58.6 Å². The second kappa shape index (κ2) is 7.53. The van der Waals surface area contributed by atoms with Gasteiger partial charge in [0.15, 0.2) is 0 Å². The summed E-state index contributed by atoms with van der Waals surface area (Å²) in [6.07, 6.45) is 0. The molecule has 0 aliphatic heterocycles. The number of rotatable bonds is 6. The van der Waals surface area contributed by atoms with Gasteiger partial charge in [-0.05, 0) is 24.3 Å². The molecule has 110 valence electrons. The highest BCUT2D eigenvalue weighted by molar-refractivity contribution is 5.91. The molecular formula is C15H22N2O3. The van der Waals surface area contributed by atoms with Crippen molar-refractivity contribution in [2.75, 3.05) is 25.1 Å². The number of carbonyl (C=O) groups excluding carboxylic acids is 2. The Morgan fingerprint density at radius 1 is 1.25 bits per heavy atom. The molecule has 0 saturated heterocycles. The maximum absolute atomic E-state index is 11.7. The molecule has 1 N–H and O–H groups in total. The van der Waals surface area contributed by atoms with E-state index in [1.807, 2.05) is 26.0 Å². The molecular weight excluding hydrogens is 256 g/mol. The van der Waals surface area contributed by atoms with Gasteiger partial charge in [0.2, 0.25) is 11.8 Å². The van der Waals surface area contributed by atoms with Crippen molar-refractivity contribution < 1.29 is 14.3 Å². The third-order valence-electron chi connectivity index (χ3n) is 2.92. The molecule has 5 heteroatoms. The fraction of sp³-hybridized carbons (Fsp3) is 0.467. The number of amides is 2. The van der Waals surface area contributed by atoms with Crippen LogP contribution in [0.5, 0.6) is 5.75 Å². The van der Waals surface area contributed by atoms with E-state index in [1.54, 1.807) is 24.1 Å². The fourth-order valence-corrected chi connectivity index (χ4v) is 1.73. The Labute approximate surface area is 119 Å². The first-order valence-corrected chi connectivity index (χ1v) is 6.65. The van der Waals surface area contributed by atoms with Gasteiger partial charge in [0.05, 0.1) is 7.11 Å². The molecule has 0 heterocycles. The number of benzene rings is 1. The quantitative estimate of drug-likeness (QED) is 0.863. The average Bonchev–Trinajstić information content (AvgIpc) is 2.43. The van der Waals surface area contributed by atoms with E-state index in [9.17, 15) is 9.59 Å². The Bertz CT molecular complexity index is 455. The van der Waals surface area contributed by atoms with E-state index < -0.39 is 0 Å². The molecule has 1 aromatic rings. The lowest BCUT2D eigenvalue weighted by atomic mass is 10.2. The first kappa shape index (κ1) is 16.0. The minimum absolute atomic E-state index is 0.0109. The van der Waals surface area contributed by atoms with Crippen molar-refractivity contribution in [3.05, 3.63) is 24.3 Å². The van der Waals surface area contributed by atoms with Crippen molar-refractivity contribution >= 4 is 17.5 Å². The molecule has 0 fully saturated rings. The molecule has 0 bridgehead atoms. The number of carbonyl (C=O) groups is 2. The summed E-state index contributed by atoms with van der Waals surface area (Å²) in [6.45, 7) is 6.06. The van der Waals surface area contributed by atoms with Gasteiger partial charge in [0, 0.05) is 31.6 Å². The zero-order chi connectivity index (χ0) is 15.1. The molecule has 2 amide bonds. The molecule has 0 aliphatic carbocycles. The minimum atomic E-state index is -0.0611. The largest absolute Gasteiger partial charge is 0.497 e. The van der Waals surface area contributed by atoms with E-state index in [1.165, 1.54) is 6.92 Å². The van der Waals surface area contributed by atoms with Crippen LogP contribution in [0.15, 0.2) is 24.3 Å². The number of hydrogen-bond acceptors (Lipinski definition) is 3. The number of ether oxygens (including phenoxy) is 1. The zero-order valence-electron chi connectivity index (χ0n) is 12.5. The van der Waals surface area contributed by atoms with E-state index >= 15 is 0 Å². The van der Waals surface area contributed by atoms with Crippen molar-refractivity contribution in [1.29, 1.82) is 0 Å². The lowest BCUT2D eigenvalue weighted by Gasteiger charge is -2.22. The summed E-state index contributed by atoms with van der Waals surface area (Å²) in [5.41, 5.74) is 0.789. The number of nitrogens with zero attached hydrogens (tertiary/aromatic N) is 1. The van der Waals surface area contributed by atoms with E-state index in [0.717, 1.165) is 11.4 Å². The van der Waals surface area contributed by atoms with Gasteiger partial charge in [-0.3, -0.25) is 9.59 Å². The number of hydrogen-bond donors (Lipinski definition) is 1. The Balaban J connectivity index is 2.64. The van der Waals surface area contributed by atoms with Crippen LogP contribution in [0.3, 0.4) is 0 Å². The van der Waals surface area contributed by atoms with Gasteiger partial charge in [0.25, 0.3) is 0 Å². The molecule has 5 nitrogen and oxygen atoms in total. The van der Waals surface area contributed by atoms with Crippen molar-refractivity contribution in [3.63, 3.8) is 0 Å². The summed E-state index contributed by atoms with van der Waals surface area (Å²) in [6, 6.07) is 7.25. The summed E-state index contributed by atoms with van der Waals surface area (Å²) in [5.74, 6) is 0.615. The lowest BCUT2D eigenvalue weighted by Crippen LogP contribution is -2.38. The highest BCUT2D eigenvalue weighted by Gasteiger charge is 2.12. The van der Waals surface area contributed by atoms with E-state index in [0.29, 0.717) is 13.1 Å². The maximum Gasteiger partial charge on any atom is 0.223 e. The second-order valence-corrected chi connectivity index (χ2v) is 4.81. The monoisotopic (exact) mass is 278 g/mol. The predicted molar refractivity (Wildman–Crippen MR) is 78.9 cm³/mol. The third-order valence-corrected chi connectivity index (χ3v) is 2.92. The Morgan fingerprint density at radius 2 is 1.85 bits per heavy atom. The summed E-state index contributed by atoms with van der Waals surface area (Å²) in [7, 11) is 1.60. The maximum atomic E-state index is 11.7. The summed E-state index contributed by atoms with van der Waals surface area (Å²) < 4.78 is 5.09. The van der Waals surface area contributed by atoms with Gasteiger partial charge in [-0.15, -0.1) is 0 Å². The van der Waals surface area contributed by atoms with Crippen LogP contribution in [0.1, 0.15) is 20.8 Å². The van der Waals surface area contributed by atoms with Crippen LogP contribution >= 0.6 is 0 Å². The van der Waals surface area contributed by atoms with E-state index in [2.05, 4.69) is 5.32 Å². The van der Waals surface area contributed by atoms with Crippen LogP contribution < -0.4 is 15.0 Å². The summed E-state index contributed by atoms with van der Waals surface area (Å²) >= 11 is 0. The van der Waals surface area contributed by atoms with Gasteiger partial charge < -0.3 is 15.0 Å². The van der Waals surface area contributed by atoms with Gasteiger partial charge in [-0.2, -0.15) is 0 Å². The van der Waals surface area contributed by atoms with Crippen molar-refractivity contribution in [2.45, 2.75) is 20.8 Å². The molecule has 0 unspecified atom stereocenters. The molecule has 0 spiro atoms. The number of anilines is 1. The molecule has 20 heavy (non-hydrogen) atoms. The van der Waals surface area contributed by atoms with Crippen LogP contribution in [-0.2, 0) is 9.59 Å². The molecule has 0 radical (unpaired) electrons. The zero-order valence-corrected chi connectivity index (χ0v) is 12.5. The normalized spacial score (nSPS) is 10.2. The van der Waals surface area contributed by atoms with Crippen molar-refractivity contribution in [2.24, 2.45) is 5.92 Å². The smallest absolute Gasteiger partial charge is 0.223 e. The Hall–Kier alpha value is -2.04. The first-order chi connectivity index (χ1) is 9.45. The van der Waals surface area contributed by atoms with Crippen LogP contribution in [0.4, 0.5) is 5.69 Å². The number of nitrogens with one attached hydrogen (secondary N) is 1. The standard InChI is InChI=1S/C15H22N2O3/c1-11(2)15(19)16-9-10-17(12(3)18)13-5-7-14(20-4)8-6-13/h5-8,11H,9-10H2,1-4H3,(H,16,19). The third kappa shape index (κ3) is 4.57. The summed E-state index contributed by atoms with van der Waals surface area (Å²) in [4.78, 5) is 24.8. The van der Waals surface area contributed by atoms with Crippen molar-refractivity contribution in [3.8, 4) is 5.75 Å². The predicted octanol–water partition coefficient (Wildman–Crippen LogP) is 1.82. The molecule has 0 atom stereocenters.